The van der Waals surface area contributed by atoms with Gasteiger partial charge >= 0.3 is 0 Å². The Balaban J connectivity index is 1.41. The fraction of sp³-hybridized carbons (Fsp3) is 0.550. The molecular weight excluding hydrogens is 356 g/mol. The number of rotatable bonds is 4. The van der Waals surface area contributed by atoms with Gasteiger partial charge in [0.15, 0.2) is 0 Å². The molecule has 148 valence electrons. The number of hydrogen-bond donors (Lipinski definition) is 0. The van der Waals surface area contributed by atoms with Crippen molar-refractivity contribution in [2.75, 3.05) is 31.6 Å². The number of amides is 1. The normalized spacial score (nSPS) is 19.1. The molecule has 2 fully saturated rings. The second kappa shape index (κ2) is 7.69. The van der Waals surface area contributed by atoms with E-state index >= 15 is 0 Å². The molecule has 0 N–H and O–H groups in total. The molecule has 1 amide bonds. The van der Waals surface area contributed by atoms with Crippen LogP contribution in [0.5, 0.6) is 5.88 Å². The molecule has 2 aliphatic rings. The number of likely N-dealkylation sites (tertiary alicyclic amines) is 1. The Bertz CT molecular complexity index is 833. The van der Waals surface area contributed by atoms with Crippen LogP contribution in [0.3, 0.4) is 0 Å². The van der Waals surface area contributed by atoms with Gasteiger partial charge < -0.3 is 14.5 Å². The average molecular weight is 382 g/mol. The molecule has 28 heavy (non-hydrogen) atoms. The van der Waals surface area contributed by atoms with Gasteiger partial charge in [0.2, 0.25) is 17.7 Å². The Morgan fingerprint density at radius 1 is 1.14 bits per heavy atom. The zero-order valence-electron chi connectivity index (χ0n) is 16.5. The van der Waals surface area contributed by atoms with E-state index in [4.69, 9.17) is 4.74 Å². The highest BCUT2D eigenvalue weighted by molar-refractivity contribution is 5.77. The number of anilines is 1. The third kappa shape index (κ3) is 3.90. The van der Waals surface area contributed by atoms with Crippen LogP contribution in [-0.4, -0.2) is 57.5 Å². The maximum absolute atomic E-state index is 12.5. The second-order valence-electron chi connectivity index (χ2n) is 7.78. The lowest BCUT2D eigenvalue weighted by Crippen LogP contribution is -2.51. The quantitative estimate of drug-likeness (QED) is 0.799. The standard InChI is InChI=1S/C20H26N6O2/c1-15-11-23-16(12-22-15)13-26-14-20(5-3-18(26)27)6-9-25(10-7-20)19-21-8-4-17(24-19)28-2/h4,8,11-12H,3,5-7,9-10,13-14H2,1-2H3. The Labute approximate surface area is 165 Å². The van der Waals surface area contributed by atoms with Crippen molar-refractivity contribution >= 4 is 11.9 Å². The van der Waals surface area contributed by atoms with E-state index in [9.17, 15) is 4.79 Å². The number of carbonyl (C=O) groups is 1. The van der Waals surface area contributed by atoms with Crippen molar-refractivity contribution in [3.8, 4) is 5.88 Å². The Hall–Kier alpha value is -2.77. The Morgan fingerprint density at radius 3 is 2.68 bits per heavy atom. The van der Waals surface area contributed by atoms with Crippen LogP contribution in [0.25, 0.3) is 0 Å². The summed E-state index contributed by atoms with van der Waals surface area (Å²) in [6.45, 7) is 5.02. The third-order valence-corrected chi connectivity index (χ3v) is 5.87. The predicted molar refractivity (Wildman–Crippen MR) is 104 cm³/mol. The van der Waals surface area contributed by atoms with Gasteiger partial charge in [-0.25, -0.2) is 4.98 Å². The third-order valence-electron chi connectivity index (χ3n) is 5.87. The smallest absolute Gasteiger partial charge is 0.228 e. The monoisotopic (exact) mass is 382 g/mol. The van der Waals surface area contributed by atoms with Gasteiger partial charge in [-0.3, -0.25) is 14.8 Å². The van der Waals surface area contributed by atoms with Crippen LogP contribution in [-0.2, 0) is 11.3 Å². The predicted octanol–water partition coefficient (Wildman–Crippen LogP) is 1.99. The van der Waals surface area contributed by atoms with Crippen LogP contribution < -0.4 is 9.64 Å². The Kier molecular flexibility index (Phi) is 5.11. The molecule has 0 aliphatic carbocycles. The van der Waals surface area contributed by atoms with Crippen LogP contribution in [0.2, 0.25) is 0 Å². The lowest BCUT2D eigenvalue weighted by atomic mass is 9.72. The maximum Gasteiger partial charge on any atom is 0.228 e. The molecule has 0 bridgehead atoms. The van der Waals surface area contributed by atoms with E-state index in [1.807, 2.05) is 11.8 Å². The van der Waals surface area contributed by atoms with E-state index in [-0.39, 0.29) is 11.3 Å². The summed E-state index contributed by atoms with van der Waals surface area (Å²) in [6.07, 6.45) is 8.87. The first-order chi connectivity index (χ1) is 13.6. The molecular formula is C20H26N6O2. The molecule has 0 aromatic carbocycles. The minimum Gasteiger partial charge on any atom is -0.481 e. The van der Waals surface area contributed by atoms with Crippen LogP contribution in [0.4, 0.5) is 5.95 Å². The first-order valence-electron chi connectivity index (χ1n) is 9.74. The molecule has 2 aliphatic heterocycles. The molecule has 2 saturated heterocycles. The van der Waals surface area contributed by atoms with Gasteiger partial charge in [-0.1, -0.05) is 0 Å². The number of nitrogens with zero attached hydrogens (tertiary/aromatic N) is 6. The first kappa shape index (κ1) is 18.6. The molecule has 8 heteroatoms. The van der Waals surface area contributed by atoms with E-state index in [0.29, 0.717) is 24.8 Å². The zero-order chi connectivity index (χ0) is 19.6. The molecule has 2 aromatic heterocycles. The summed E-state index contributed by atoms with van der Waals surface area (Å²) in [5.74, 6) is 1.51. The second-order valence-corrected chi connectivity index (χ2v) is 7.78. The molecule has 0 atom stereocenters. The van der Waals surface area contributed by atoms with Crippen molar-refractivity contribution in [2.24, 2.45) is 5.41 Å². The maximum atomic E-state index is 12.5. The lowest BCUT2D eigenvalue weighted by Gasteiger charge is -2.47. The van der Waals surface area contributed by atoms with Gasteiger partial charge in [0.25, 0.3) is 0 Å². The number of ether oxygens (including phenoxy) is 1. The van der Waals surface area contributed by atoms with E-state index in [1.54, 1.807) is 31.8 Å². The van der Waals surface area contributed by atoms with Gasteiger partial charge in [0.05, 0.1) is 31.2 Å². The highest BCUT2D eigenvalue weighted by Gasteiger charge is 2.41. The summed E-state index contributed by atoms with van der Waals surface area (Å²) in [5, 5.41) is 0. The van der Waals surface area contributed by atoms with Crippen LogP contribution in [0.1, 0.15) is 37.1 Å². The molecule has 0 unspecified atom stereocenters. The van der Waals surface area contributed by atoms with Gasteiger partial charge in [-0.2, -0.15) is 4.98 Å². The summed E-state index contributed by atoms with van der Waals surface area (Å²) in [5.41, 5.74) is 1.90. The van der Waals surface area contributed by atoms with Crippen LogP contribution >= 0.6 is 0 Å². The lowest BCUT2D eigenvalue weighted by molar-refractivity contribution is -0.139. The summed E-state index contributed by atoms with van der Waals surface area (Å²) in [6, 6.07) is 1.76. The van der Waals surface area contributed by atoms with Crippen molar-refractivity contribution in [3.05, 3.63) is 36.0 Å². The van der Waals surface area contributed by atoms with Gasteiger partial charge in [0.1, 0.15) is 0 Å². The van der Waals surface area contributed by atoms with E-state index in [0.717, 1.165) is 50.3 Å². The molecule has 2 aromatic rings. The van der Waals surface area contributed by atoms with Crippen molar-refractivity contribution in [3.63, 3.8) is 0 Å². The number of methoxy groups -OCH3 is 1. The molecule has 8 nitrogen and oxygen atoms in total. The molecule has 0 radical (unpaired) electrons. The highest BCUT2D eigenvalue weighted by atomic mass is 16.5. The number of hydrogen-bond acceptors (Lipinski definition) is 7. The number of aromatic nitrogens is 4. The minimum atomic E-state index is 0.168. The molecule has 1 spiro atoms. The van der Waals surface area contributed by atoms with Gasteiger partial charge in [-0.15, -0.1) is 0 Å². The molecule has 4 rings (SSSR count). The van der Waals surface area contributed by atoms with Crippen molar-refractivity contribution in [1.29, 1.82) is 0 Å². The fourth-order valence-electron chi connectivity index (χ4n) is 4.13. The topological polar surface area (TPSA) is 84.3 Å². The SMILES string of the molecule is COc1ccnc(N2CCC3(CCC(=O)N(Cc4cnc(C)cn4)C3)CC2)n1. The highest BCUT2D eigenvalue weighted by Crippen LogP contribution is 2.41. The summed E-state index contributed by atoms with van der Waals surface area (Å²) in [7, 11) is 1.61. The largest absolute Gasteiger partial charge is 0.481 e. The zero-order valence-corrected chi connectivity index (χ0v) is 16.5. The van der Waals surface area contributed by atoms with Gasteiger partial charge in [0, 0.05) is 44.5 Å². The number of carbonyl (C=O) groups excluding carboxylic acids is 1. The fourth-order valence-corrected chi connectivity index (χ4v) is 4.13. The van der Waals surface area contributed by atoms with E-state index in [2.05, 4.69) is 24.8 Å². The van der Waals surface area contributed by atoms with Crippen LogP contribution in [0.15, 0.2) is 24.7 Å². The van der Waals surface area contributed by atoms with Gasteiger partial charge in [-0.05, 0) is 31.6 Å². The van der Waals surface area contributed by atoms with E-state index in [1.165, 1.54) is 0 Å². The average Bonchev–Trinajstić information content (AvgIpc) is 2.73. The number of aryl methyl sites for hydroxylation is 1. The first-order valence-corrected chi connectivity index (χ1v) is 9.74. The molecule has 0 saturated carbocycles. The number of piperidine rings is 2. The summed E-state index contributed by atoms with van der Waals surface area (Å²) >= 11 is 0. The molecule has 4 heterocycles. The van der Waals surface area contributed by atoms with Crippen molar-refractivity contribution in [1.82, 2.24) is 24.8 Å². The van der Waals surface area contributed by atoms with Crippen LogP contribution in [0, 0.1) is 12.3 Å². The minimum absolute atomic E-state index is 0.168. The summed E-state index contributed by atoms with van der Waals surface area (Å²) in [4.78, 5) is 34.2. The van der Waals surface area contributed by atoms with Crippen molar-refractivity contribution < 1.29 is 9.53 Å². The van der Waals surface area contributed by atoms with E-state index < -0.39 is 0 Å². The van der Waals surface area contributed by atoms with Crippen molar-refractivity contribution in [2.45, 2.75) is 39.2 Å². The Morgan fingerprint density at radius 2 is 1.96 bits per heavy atom. The summed E-state index contributed by atoms with van der Waals surface area (Å²) < 4.78 is 5.21.